The maximum Gasteiger partial charge on any atom is 0.261 e. The van der Waals surface area contributed by atoms with Crippen LogP contribution in [0.4, 0.5) is 0 Å². The monoisotopic (exact) mass is 406 g/mol. The van der Waals surface area contributed by atoms with Crippen LogP contribution in [0.3, 0.4) is 0 Å². The van der Waals surface area contributed by atoms with Gasteiger partial charge >= 0.3 is 0 Å². The largest absolute Gasteiger partial charge is 0.342 e. The maximum absolute atomic E-state index is 13.2. The van der Waals surface area contributed by atoms with Gasteiger partial charge in [0.05, 0.1) is 11.8 Å². The highest BCUT2D eigenvalue weighted by Crippen LogP contribution is 2.36. The molecule has 5 rings (SSSR count). The molecule has 1 saturated heterocycles. The van der Waals surface area contributed by atoms with Crippen molar-refractivity contribution in [2.45, 2.75) is 38.1 Å². The van der Waals surface area contributed by atoms with Gasteiger partial charge in [-0.1, -0.05) is 0 Å². The Morgan fingerprint density at radius 3 is 2.93 bits per heavy atom. The third kappa shape index (κ3) is 3.36. The Morgan fingerprint density at radius 1 is 1.27 bits per heavy atom. The van der Waals surface area contributed by atoms with Gasteiger partial charge < -0.3 is 14.0 Å². The molecule has 30 heavy (non-hydrogen) atoms. The molecule has 5 heterocycles. The lowest BCUT2D eigenvalue weighted by molar-refractivity contribution is -0.134. The van der Waals surface area contributed by atoms with Gasteiger partial charge in [-0.15, -0.1) is 0 Å². The van der Waals surface area contributed by atoms with Crippen molar-refractivity contribution < 1.29 is 4.79 Å². The van der Waals surface area contributed by atoms with E-state index < -0.39 is 0 Å². The zero-order chi connectivity index (χ0) is 20.7. The summed E-state index contributed by atoms with van der Waals surface area (Å²) in [6.45, 7) is 2.10. The fourth-order valence-corrected chi connectivity index (χ4v) is 4.96. The SMILES string of the molecule is Cn1ccnc1-c1ccc2n(c1=O)C[C@H]1C[C@@H]2CN(C(=O)CCCc2cn[nH]c2)C1. The number of nitrogens with one attached hydrogen (secondary N) is 1. The Labute approximate surface area is 174 Å². The van der Waals surface area contributed by atoms with E-state index in [9.17, 15) is 9.59 Å². The van der Waals surface area contributed by atoms with Gasteiger partial charge in [0.2, 0.25) is 5.91 Å². The van der Waals surface area contributed by atoms with Crippen molar-refractivity contribution in [2.24, 2.45) is 13.0 Å². The number of aromatic amines is 1. The van der Waals surface area contributed by atoms with E-state index in [1.807, 2.05) is 45.7 Å². The van der Waals surface area contributed by atoms with E-state index >= 15 is 0 Å². The number of imidazole rings is 1. The average molecular weight is 406 g/mol. The first kappa shape index (κ1) is 18.8. The second-order valence-electron chi connectivity index (χ2n) is 8.51. The third-order valence-corrected chi connectivity index (χ3v) is 6.43. The summed E-state index contributed by atoms with van der Waals surface area (Å²) in [5, 5.41) is 6.76. The van der Waals surface area contributed by atoms with Crippen LogP contribution < -0.4 is 5.56 Å². The second kappa shape index (κ2) is 7.59. The smallest absolute Gasteiger partial charge is 0.261 e. The van der Waals surface area contributed by atoms with Crippen LogP contribution in [0.1, 0.15) is 36.4 Å². The van der Waals surface area contributed by atoms with Crippen molar-refractivity contribution >= 4 is 5.91 Å². The number of nitrogens with zero attached hydrogens (tertiary/aromatic N) is 5. The second-order valence-corrected chi connectivity index (χ2v) is 8.51. The van der Waals surface area contributed by atoms with Gasteiger partial charge in [-0.05, 0) is 42.9 Å². The van der Waals surface area contributed by atoms with E-state index in [4.69, 9.17) is 0 Å². The fourth-order valence-electron chi connectivity index (χ4n) is 4.96. The van der Waals surface area contributed by atoms with Crippen LogP contribution in [0.25, 0.3) is 11.4 Å². The normalized spacial score (nSPS) is 20.2. The zero-order valence-corrected chi connectivity index (χ0v) is 17.1. The van der Waals surface area contributed by atoms with Crippen molar-refractivity contribution in [3.8, 4) is 11.4 Å². The number of pyridine rings is 1. The number of aromatic nitrogens is 5. The Morgan fingerprint density at radius 2 is 2.17 bits per heavy atom. The number of fused-ring (bicyclic) bond motifs is 4. The molecule has 3 aromatic rings. The summed E-state index contributed by atoms with van der Waals surface area (Å²) in [6.07, 6.45) is 10.5. The third-order valence-electron chi connectivity index (χ3n) is 6.43. The molecule has 0 spiro atoms. The van der Waals surface area contributed by atoms with Gasteiger partial charge in [0, 0.05) is 63.3 Å². The highest BCUT2D eigenvalue weighted by molar-refractivity contribution is 5.76. The number of rotatable bonds is 5. The van der Waals surface area contributed by atoms with Crippen LogP contribution in [-0.4, -0.2) is 48.2 Å². The summed E-state index contributed by atoms with van der Waals surface area (Å²) in [7, 11) is 1.90. The minimum Gasteiger partial charge on any atom is -0.342 e. The molecule has 2 atom stereocenters. The first-order valence-electron chi connectivity index (χ1n) is 10.6. The summed E-state index contributed by atoms with van der Waals surface area (Å²) in [4.78, 5) is 32.3. The number of piperidine rings is 1. The molecular weight excluding hydrogens is 380 g/mol. The maximum atomic E-state index is 13.2. The van der Waals surface area contributed by atoms with Gasteiger partial charge in [0.1, 0.15) is 5.82 Å². The van der Waals surface area contributed by atoms with Crippen molar-refractivity contribution in [3.05, 3.63) is 58.5 Å². The first-order valence-corrected chi connectivity index (χ1v) is 10.6. The Balaban J connectivity index is 1.31. The molecule has 156 valence electrons. The number of hydrogen-bond donors (Lipinski definition) is 1. The average Bonchev–Trinajstić information content (AvgIpc) is 3.40. The predicted octanol–water partition coefficient (Wildman–Crippen LogP) is 1.94. The molecule has 1 fully saturated rings. The lowest BCUT2D eigenvalue weighted by Crippen LogP contribution is -2.49. The number of H-pyrrole nitrogens is 1. The van der Waals surface area contributed by atoms with Crippen molar-refractivity contribution in [2.75, 3.05) is 13.1 Å². The summed E-state index contributed by atoms with van der Waals surface area (Å²) in [5.41, 5.74) is 2.84. The number of aryl methyl sites for hydroxylation is 2. The van der Waals surface area contributed by atoms with Crippen LogP contribution in [0.5, 0.6) is 0 Å². The van der Waals surface area contributed by atoms with Gasteiger partial charge in [0.15, 0.2) is 0 Å². The van der Waals surface area contributed by atoms with Gasteiger partial charge in [-0.3, -0.25) is 14.7 Å². The number of amides is 1. The predicted molar refractivity (Wildman–Crippen MR) is 112 cm³/mol. The summed E-state index contributed by atoms with van der Waals surface area (Å²) in [5.74, 6) is 1.45. The van der Waals surface area contributed by atoms with Gasteiger partial charge in [0.25, 0.3) is 5.56 Å². The molecular formula is C22H26N6O2. The highest BCUT2D eigenvalue weighted by Gasteiger charge is 2.36. The van der Waals surface area contributed by atoms with E-state index in [1.54, 1.807) is 6.20 Å². The van der Waals surface area contributed by atoms with E-state index in [2.05, 4.69) is 21.2 Å². The van der Waals surface area contributed by atoms with Crippen molar-refractivity contribution in [3.63, 3.8) is 0 Å². The van der Waals surface area contributed by atoms with Crippen LogP contribution in [0.15, 0.2) is 41.7 Å². The number of carbonyl (C=O) groups is 1. The van der Waals surface area contributed by atoms with Gasteiger partial charge in [-0.2, -0.15) is 5.10 Å². The molecule has 3 aromatic heterocycles. The highest BCUT2D eigenvalue weighted by atomic mass is 16.2. The Kier molecular flexibility index (Phi) is 4.77. The van der Waals surface area contributed by atoms with Crippen LogP contribution >= 0.6 is 0 Å². The lowest BCUT2D eigenvalue weighted by Gasteiger charge is -2.43. The molecule has 2 aliphatic rings. The molecule has 8 heteroatoms. The molecule has 0 unspecified atom stereocenters. The zero-order valence-electron chi connectivity index (χ0n) is 17.1. The van der Waals surface area contributed by atoms with E-state index in [0.29, 0.717) is 36.8 Å². The molecule has 1 N–H and O–H groups in total. The van der Waals surface area contributed by atoms with E-state index in [0.717, 1.165) is 37.1 Å². The van der Waals surface area contributed by atoms with E-state index in [1.165, 1.54) is 0 Å². The molecule has 8 nitrogen and oxygen atoms in total. The summed E-state index contributed by atoms with van der Waals surface area (Å²) < 4.78 is 3.79. The van der Waals surface area contributed by atoms with Crippen molar-refractivity contribution in [1.82, 2.24) is 29.2 Å². The first-order chi connectivity index (χ1) is 14.6. The fraction of sp³-hybridized carbons (Fsp3) is 0.455. The van der Waals surface area contributed by atoms with Crippen LogP contribution in [0.2, 0.25) is 0 Å². The standard InChI is InChI=1S/C22H26N6O2/c1-26-8-7-23-21(26)18-5-6-19-17-9-16(13-28(19)22(18)30)12-27(14-17)20(29)4-2-3-15-10-24-25-11-15/h5-8,10-11,16-17H,2-4,9,12-14H2,1H3,(H,24,25)/t16-,17+/m0/s1. The molecule has 2 aliphatic heterocycles. The molecule has 2 bridgehead atoms. The van der Waals surface area contributed by atoms with Crippen LogP contribution in [0, 0.1) is 5.92 Å². The minimum atomic E-state index is 0.0244. The minimum absolute atomic E-state index is 0.0244. The topological polar surface area (TPSA) is 88.8 Å². The van der Waals surface area contributed by atoms with E-state index in [-0.39, 0.29) is 17.4 Å². The lowest BCUT2D eigenvalue weighted by atomic mass is 9.82. The molecule has 0 aromatic carbocycles. The Bertz CT molecular complexity index is 1110. The number of likely N-dealkylation sites (tertiary alicyclic amines) is 1. The molecule has 0 saturated carbocycles. The number of hydrogen-bond acceptors (Lipinski definition) is 4. The van der Waals surface area contributed by atoms with Gasteiger partial charge in [-0.25, -0.2) is 4.98 Å². The van der Waals surface area contributed by atoms with Crippen molar-refractivity contribution in [1.29, 1.82) is 0 Å². The number of carbonyl (C=O) groups excluding carboxylic acids is 1. The van der Waals surface area contributed by atoms with Crippen LogP contribution in [-0.2, 0) is 24.8 Å². The molecule has 0 radical (unpaired) electrons. The molecule has 1 amide bonds. The Hall–Kier alpha value is -3.16. The quantitative estimate of drug-likeness (QED) is 0.701. The summed E-state index contributed by atoms with van der Waals surface area (Å²) in [6, 6.07) is 3.95. The summed E-state index contributed by atoms with van der Waals surface area (Å²) >= 11 is 0. The molecule has 0 aliphatic carbocycles.